The van der Waals surface area contributed by atoms with Crippen LogP contribution in [0, 0.1) is 5.21 Å². The molecule has 0 saturated heterocycles. The van der Waals surface area contributed by atoms with Crippen molar-refractivity contribution in [1.82, 2.24) is 9.96 Å². The summed E-state index contributed by atoms with van der Waals surface area (Å²) in [6, 6.07) is 0. The van der Waals surface area contributed by atoms with Crippen molar-refractivity contribution >= 4 is 0 Å². The first-order valence-corrected chi connectivity index (χ1v) is 3.84. The van der Waals surface area contributed by atoms with Gasteiger partial charge in [-0.05, 0) is 20.5 Å². The number of hydrogen-bond acceptors (Lipinski definition) is 3. The zero-order valence-electron chi connectivity index (χ0n) is 7.58. The van der Waals surface area contributed by atoms with Gasteiger partial charge in [-0.3, -0.25) is 4.90 Å². The minimum atomic E-state index is -0.0204. The third-order valence-corrected chi connectivity index (χ3v) is 1.60. The zero-order chi connectivity index (χ0) is 8.85. The van der Waals surface area contributed by atoms with E-state index in [1.807, 2.05) is 25.9 Å². The molecule has 0 aromatic rings. The van der Waals surface area contributed by atoms with Crippen LogP contribution in [0.25, 0.3) is 0 Å². The molecule has 1 atom stereocenters. The van der Waals surface area contributed by atoms with E-state index >= 15 is 0 Å². The van der Waals surface area contributed by atoms with Crippen molar-refractivity contribution in [3.63, 3.8) is 0 Å². The zero-order valence-corrected chi connectivity index (χ0v) is 7.58. The van der Waals surface area contributed by atoms with E-state index < -0.39 is 0 Å². The Morgan fingerprint density at radius 3 is 2.36 bits per heavy atom. The second-order valence-corrected chi connectivity index (χ2v) is 2.74. The van der Waals surface area contributed by atoms with Gasteiger partial charge < -0.3 is 10.3 Å². The van der Waals surface area contributed by atoms with E-state index in [1.165, 1.54) is 0 Å². The van der Waals surface area contributed by atoms with Crippen molar-refractivity contribution in [3.8, 4) is 0 Å². The van der Waals surface area contributed by atoms with Gasteiger partial charge in [-0.15, -0.1) is 6.58 Å². The first kappa shape index (κ1) is 10.6. The molecule has 0 bridgehead atoms. The standard InChI is InChI=1S/C8H17N2O/c1-5-7-10(11)8(6-2)9(3)4/h5,8H,1,6-7H2,2-4H3/q-1. The Morgan fingerprint density at radius 1 is 1.55 bits per heavy atom. The summed E-state index contributed by atoms with van der Waals surface area (Å²) in [7, 11) is 3.81. The van der Waals surface area contributed by atoms with E-state index in [0.29, 0.717) is 6.54 Å². The Kier molecular flexibility index (Phi) is 5.11. The maximum absolute atomic E-state index is 11.2. The van der Waals surface area contributed by atoms with Crippen LogP contribution in [0.1, 0.15) is 13.3 Å². The van der Waals surface area contributed by atoms with Gasteiger partial charge in [-0.2, -0.15) is 0 Å². The Bertz CT molecular complexity index is 115. The monoisotopic (exact) mass is 157 g/mol. The molecule has 1 unspecified atom stereocenters. The molecule has 0 amide bonds. The van der Waals surface area contributed by atoms with Crippen molar-refractivity contribution in [1.29, 1.82) is 0 Å². The van der Waals surface area contributed by atoms with Gasteiger partial charge in [-0.25, -0.2) is 0 Å². The summed E-state index contributed by atoms with van der Waals surface area (Å²) >= 11 is 0. The summed E-state index contributed by atoms with van der Waals surface area (Å²) in [6.07, 6.45) is 2.44. The van der Waals surface area contributed by atoms with Crippen molar-refractivity contribution in [2.24, 2.45) is 0 Å². The van der Waals surface area contributed by atoms with Crippen LogP contribution in [0.15, 0.2) is 12.7 Å². The van der Waals surface area contributed by atoms with E-state index in [9.17, 15) is 5.21 Å². The molecule has 0 rings (SSSR count). The number of hydroxylamine groups is 2. The molecule has 0 radical (unpaired) electrons. The summed E-state index contributed by atoms with van der Waals surface area (Å²) < 4.78 is 0. The molecule has 0 saturated carbocycles. The van der Waals surface area contributed by atoms with E-state index in [1.54, 1.807) is 6.08 Å². The lowest BCUT2D eigenvalue weighted by atomic mass is 10.3. The maximum atomic E-state index is 11.2. The molecule has 66 valence electrons. The second-order valence-electron chi connectivity index (χ2n) is 2.74. The fourth-order valence-electron chi connectivity index (χ4n) is 1.08. The molecule has 0 spiro atoms. The number of hydrogen-bond donors (Lipinski definition) is 0. The molecule has 0 N–H and O–H groups in total. The quantitative estimate of drug-likeness (QED) is 0.342. The molecule has 11 heavy (non-hydrogen) atoms. The summed E-state index contributed by atoms with van der Waals surface area (Å²) in [6.45, 7) is 5.91. The summed E-state index contributed by atoms with van der Waals surface area (Å²) in [5.74, 6) is 0. The van der Waals surface area contributed by atoms with Crippen LogP contribution >= 0.6 is 0 Å². The van der Waals surface area contributed by atoms with Gasteiger partial charge in [0.1, 0.15) is 0 Å². The van der Waals surface area contributed by atoms with E-state index in [4.69, 9.17) is 0 Å². The minimum Gasteiger partial charge on any atom is -0.784 e. The van der Waals surface area contributed by atoms with Crippen LogP contribution in [0.2, 0.25) is 0 Å². The highest BCUT2D eigenvalue weighted by Gasteiger charge is 2.08. The normalized spacial score (nSPS) is 14.0. The first-order valence-electron chi connectivity index (χ1n) is 3.84. The van der Waals surface area contributed by atoms with Crippen LogP contribution in [0.5, 0.6) is 0 Å². The predicted molar refractivity (Wildman–Crippen MR) is 48.0 cm³/mol. The van der Waals surface area contributed by atoms with E-state index in [2.05, 4.69) is 6.58 Å². The summed E-state index contributed by atoms with van der Waals surface area (Å²) in [4.78, 5) is 1.91. The average molecular weight is 157 g/mol. The molecule has 0 aliphatic carbocycles. The highest BCUT2D eigenvalue weighted by atomic mass is 16.5. The smallest absolute Gasteiger partial charge is 0.0502 e. The van der Waals surface area contributed by atoms with Gasteiger partial charge in [0.15, 0.2) is 0 Å². The van der Waals surface area contributed by atoms with Crippen molar-refractivity contribution in [3.05, 3.63) is 17.9 Å². The second kappa shape index (κ2) is 5.29. The molecule has 3 nitrogen and oxygen atoms in total. The molecule has 0 aliphatic rings. The van der Waals surface area contributed by atoms with E-state index in [-0.39, 0.29) is 6.17 Å². The van der Waals surface area contributed by atoms with Crippen LogP contribution in [-0.4, -0.2) is 36.8 Å². The van der Waals surface area contributed by atoms with Crippen LogP contribution in [0.3, 0.4) is 0 Å². The van der Waals surface area contributed by atoms with Crippen molar-refractivity contribution in [2.75, 3.05) is 20.6 Å². The van der Waals surface area contributed by atoms with Crippen LogP contribution in [0.4, 0.5) is 0 Å². The van der Waals surface area contributed by atoms with Gasteiger partial charge in [0.2, 0.25) is 0 Å². The van der Waals surface area contributed by atoms with Crippen molar-refractivity contribution < 1.29 is 0 Å². The third-order valence-electron chi connectivity index (χ3n) is 1.60. The lowest BCUT2D eigenvalue weighted by Crippen LogP contribution is -2.41. The maximum Gasteiger partial charge on any atom is 0.0502 e. The molecule has 0 aromatic carbocycles. The van der Waals surface area contributed by atoms with E-state index in [0.717, 1.165) is 11.5 Å². The first-order chi connectivity index (χ1) is 5.13. The molecular weight excluding hydrogens is 140 g/mol. The SMILES string of the molecule is C=CCN([O-])C(CC)N(C)C. The Labute approximate surface area is 68.9 Å². The molecule has 3 heteroatoms. The van der Waals surface area contributed by atoms with Gasteiger partial charge in [0.05, 0.1) is 6.17 Å². The topological polar surface area (TPSA) is 29.5 Å². The number of nitrogens with zero attached hydrogens (tertiary/aromatic N) is 2. The minimum absolute atomic E-state index is 0.0204. The molecule has 0 fully saturated rings. The number of rotatable bonds is 5. The van der Waals surface area contributed by atoms with Gasteiger partial charge in [-0.1, -0.05) is 13.0 Å². The fourth-order valence-corrected chi connectivity index (χ4v) is 1.08. The van der Waals surface area contributed by atoms with Gasteiger partial charge in [0, 0.05) is 6.54 Å². The van der Waals surface area contributed by atoms with Crippen molar-refractivity contribution in [2.45, 2.75) is 19.5 Å². The molecule has 0 aromatic heterocycles. The molecule has 0 heterocycles. The molecule has 0 aliphatic heterocycles. The Balaban J connectivity index is 3.90. The van der Waals surface area contributed by atoms with Gasteiger partial charge in [0.25, 0.3) is 0 Å². The summed E-state index contributed by atoms with van der Waals surface area (Å²) in [5, 5.41) is 12.3. The predicted octanol–water partition coefficient (Wildman–Crippen LogP) is 1.27. The van der Waals surface area contributed by atoms with Gasteiger partial charge >= 0.3 is 0 Å². The van der Waals surface area contributed by atoms with Crippen LogP contribution in [-0.2, 0) is 0 Å². The summed E-state index contributed by atoms with van der Waals surface area (Å²) in [5.41, 5.74) is 0. The largest absolute Gasteiger partial charge is 0.784 e. The highest BCUT2D eigenvalue weighted by molar-refractivity contribution is 4.77. The lowest BCUT2D eigenvalue weighted by molar-refractivity contribution is 0.131. The Hall–Kier alpha value is -0.380. The Morgan fingerprint density at radius 2 is 2.09 bits per heavy atom. The molecular formula is C8H17N2O-. The fraction of sp³-hybridized carbons (Fsp3) is 0.750. The average Bonchev–Trinajstić information content (AvgIpc) is 1.88. The van der Waals surface area contributed by atoms with Crippen LogP contribution < -0.4 is 0 Å². The third kappa shape index (κ3) is 3.51. The highest BCUT2D eigenvalue weighted by Crippen LogP contribution is 2.04. The lowest BCUT2D eigenvalue weighted by Gasteiger charge is -2.39.